The van der Waals surface area contributed by atoms with E-state index in [1.54, 1.807) is 30.5 Å². The van der Waals surface area contributed by atoms with Gasteiger partial charge in [-0.05, 0) is 43.3 Å². The molecule has 1 aliphatic rings. The number of nitrogens with zero attached hydrogens (tertiary/aromatic N) is 2. The average Bonchev–Trinajstić information content (AvgIpc) is 3.07. The molecular weight excluding hydrogens is 382 g/mol. The van der Waals surface area contributed by atoms with Crippen molar-refractivity contribution in [2.75, 3.05) is 31.1 Å². The molecule has 0 spiro atoms. The Balaban J connectivity index is 1.82. The van der Waals surface area contributed by atoms with Gasteiger partial charge in [-0.3, -0.25) is 0 Å². The van der Waals surface area contributed by atoms with Crippen molar-refractivity contribution in [3.63, 3.8) is 0 Å². The molecule has 1 N–H and O–H groups in total. The summed E-state index contributed by atoms with van der Waals surface area (Å²) in [5.41, 5.74) is 1.81. The van der Waals surface area contributed by atoms with Gasteiger partial charge in [0, 0.05) is 60.5 Å². The molecule has 0 unspecified atom stereocenters. The summed E-state index contributed by atoms with van der Waals surface area (Å²) >= 11 is 6.15. The zero-order valence-electron chi connectivity index (χ0n) is 15.2. The molecular formula is C20H22ClN3O2S. The minimum atomic E-state index is -3.65. The number of sulfone groups is 1. The number of hydrogen-bond acceptors (Lipinski definition) is 4. The maximum Gasteiger partial charge on any atom is 0.208 e. The molecule has 0 atom stereocenters. The number of aryl methyl sites for hydroxylation is 1. The van der Waals surface area contributed by atoms with Crippen molar-refractivity contribution in [2.45, 2.75) is 23.3 Å². The minimum absolute atomic E-state index is 0.305. The summed E-state index contributed by atoms with van der Waals surface area (Å²) in [6.45, 7) is 6.23. The molecule has 142 valence electrons. The molecule has 2 heterocycles. The minimum Gasteiger partial charge on any atom is -0.369 e. The lowest BCUT2D eigenvalue weighted by Crippen LogP contribution is -2.43. The highest BCUT2D eigenvalue weighted by molar-refractivity contribution is 7.91. The van der Waals surface area contributed by atoms with Gasteiger partial charge in [-0.2, -0.15) is 0 Å². The Morgan fingerprint density at radius 1 is 1.11 bits per heavy atom. The molecule has 1 saturated heterocycles. The lowest BCUT2D eigenvalue weighted by atomic mass is 10.2. The van der Waals surface area contributed by atoms with Crippen molar-refractivity contribution in [2.24, 2.45) is 0 Å². The molecule has 27 heavy (non-hydrogen) atoms. The molecule has 1 aromatic heterocycles. The van der Waals surface area contributed by atoms with E-state index in [9.17, 15) is 8.42 Å². The van der Waals surface area contributed by atoms with Gasteiger partial charge in [0.1, 0.15) is 0 Å². The van der Waals surface area contributed by atoms with E-state index < -0.39 is 9.84 Å². The van der Waals surface area contributed by atoms with E-state index in [1.807, 2.05) is 29.7 Å². The molecule has 0 radical (unpaired) electrons. The predicted octanol–water partition coefficient (Wildman–Crippen LogP) is 3.56. The highest BCUT2D eigenvalue weighted by Crippen LogP contribution is 2.33. The summed E-state index contributed by atoms with van der Waals surface area (Å²) in [4.78, 5) is 2.83. The topological polar surface area (TPSA) is 54.3 Å². The lowest BCUT2D eigenvalue weighted by Gasteiger charge is -2.29. The third kappa shape index (κ3) is 3.33. The Morgan fingerprint density at radius 2 is 1.89 bits per heavy atom. The van der Waals surface area contributed by atoms with Crippen molar-refractivity contribution < 1.29 is 8.42 Å². The molecule has 4 rings (SSSR count). The summed E-state index contributed by atoms with van der Waals surface area (Å²) in [5.74, 6) is 0. The van der Waals surface area contributed by atoms with Crippen LogP contribution in [0.2, 0.25) is 5.02 Å². The normalized spacial score (nSPS) is 15.4. The third-order valence-corrected chi connectivity index (χ3v) is 7.06. The van der Waals surface area contributed by atoms with Crippen LogP contribution >= 0.6 is 11.6 Å². The van der Waals surface area contributed by atoms with Crippen LogP contribution in [0.4, 0.5) is 5.69 Å². The van der Waals surface area contributed by atoms with Gasteiger partial charge in [-0.1, -0.05) is 17.7 Å². The number of aromatic nitrogens is 1. The van der Waals surface area contributed by atoms with Crippen molar-refractivity contribution >= 4 is 38.0 Å². The molecule has 1 aliphatic heterocycles. The van der Waals surface area contributed by atoms with Crippen LogP contribution in [0.15, 0.2) is 58.5 Å². The first-order valence-corrected chi connectivity index (χ1v) is 11.0. The van der Waals surface area contributed by atoms with Crippen molar-refractivity contribution in [1.82, 2.24) is 9.88 Å². The zero-order chi connectivity index (χ0) is 19.0. The third-order valence-electron chi connectivity index (χ3n) is 5.05. The summed E-state index contributed by atoms with van der Waals surface area (Å²) in [6, 6.07) is 12.6. The molecule has 7 heteroatoms. The highest BCUT2D eigenvalue weighted by Gasteiger charge is 2.24. The predicted molar refractivity (Wildman–Crippen MR) is 110 cm³/mol. The van der Waals surface area contributed by atoms with Gasteiger partial charge in [-0.15, -0.1) is 0 Å². The molecule has 1 fully saturated rings. The van der Waals surface area contributed by atoms with E-state index in [1.165, 1.54) is 0 Å². The SMILES string of the molecule is CCn1cc(S(=O)(=O)c2cccc(N3CCNCC3)c2)c2cc(Cl)ccc21. The first-order chi connectivity index (χ1) is 13.0. The first kappa shape index (κ1) is 18.3. The van der Waals surface area contributed by atoms with Crippen LogP contribution in [-0.4, -0.2) is 39.2 Å². The summed E-state index contributed by atoms with van der Waals surface area (Å²) in [5, 5.41) is 4.51. The number of hydrogen-bond donors (Lipinski definition) is 1. The summed E-state index contributed by atoms with van der Waals surface area (Å²) in [6.07, 6.45) is 1.72. The number of fused-ring (bicyclic) bond motifs is 1. The molecule has 2 aromatic carbocycles. The monoisotopic (exact) mass is 403 g/mol. The Morgan fingerprint density at radius 3 is 2.63 bits per heavy atom. The molecule has 0 bridgehead atoms. The fourth-order valence-corrected chi connectivity index (χ4v) is 5.29. The van der Waals surface area contributed by atoms with Gasteiger partial charge in [0.2, 0.25) is 9.84 Å². The van der Waals surface area contributed by atoms with E-state index in [-0.39, 0.29) is 0 Å². The van der Waals surface area contributed by atoms with Gasteiger partial charge in [0.05, 0.1) is 9.79 Å². The number of anilines is 1. The molecule has 0 amide bonds. The van der Waals surface area contributed by atoms with Gasteiger partial charge in [-0.25, -0.2) is 8.42 Å². The second kappa shape index (κ2) is 7.19. The van der Waals surface area contributed by atoms with Gasteiger partial charge < -0.3 is 14.8 Å². The lowest BCUT2D eigenvalue weighted by molar-refractivity contribution is 0.587. The van der Waals surface area contributed by atoms with Gasteiger partial charge in [0.15, 0.2) is 0 Å². The van der Waals surface area contributed by atoms with Crippen LogP contribution < -0.4 is 10.2 Å². The van der Waals surface area contributed by atoms with Crippen LogP contribution in [0.1, 0.15) is 6.92 Å². The standard InChI is InChI=1S/C20H22ClN3O2S/c1-2-23-14-20(18-12-15(21)6-7-19(18)23)27(25,26)17-5-3-4-16(13-17)24-10-8-22-9-11-24/h3-7,12-14,22H,2,8-11H2,1H3. The zero-order valence-corrected chi connectivity index (χ0v) is 16.7. The Bertz CT molecular complexity index is 1090. The maximum absolute atomic E-state index is 13.4. The van der Waals surface area contributed by atoms with Crippen LogP contribution in [0, 0.1) is 0 Å². The van der Waals surface area contributed by atoms with Crippen molar-refractivity contribution in [3.8, 4) is 0 Å². The molecule has 3 aromatic rings. The Kier molecular flexibility index (Phi) is 4.88. The second-order valence-corrected chi connectivity index (χ2v) is 9.03. The van der Waals surface area contributed by atoms with Crippen LogP contribution in [0.5, 0.6) is 0 Å². The Hall–Kier alpha value is -2.02. The Labute approximate surface area is 164 Å². The van der Waals surface area contributed by atoms with Crippen LogP contribution in [0.25, 0.3) is 10.9 Å². The number of rotatable bonds is 4. The fourth-order valence-electron chi connectivity index (χ4n) is 3.61. The van der Waals surface area contributed by atoms with Crippen LogP contribution in [0.3, 0.4) is 0 Å². The quantitative estimate of drug-likeness (QED) is 0.723. The summed E-state index contributed by atoms with van der Waals surface area (Å²) in [7, 11) is -3.65. The van der Waals surface area contributed by atoms with Crippen LogP contribution in [-0.2, 0) is 16.4 Å². The molecule has 0 saturated carbocycles. The smallest absolute Gasteiger partial charge is 0.208 e. The fraction of sp³-hybridized carbons (Fsp3) is 0.300. The molecule has 0 aliphatic carbocycles. The summed E-state index contributed by atoms with van der Waals surface area (Å²) < 4.78 is 28.8. The van der Waals surface area contributed by atoms with E-state index in [2.05, 4.69) is 10.2 Å². The van der Waals surface area contributed by atoms with E-state index >= 15 is 0 Å². The number of piperazine rings is 1. The second-order valence-electron chi connectivity index (χ2n) is 6.68. The van der Waals surface area contributed by atoms with Crippen molar-refractivity contribution in [3.05, 3.63) is 53.7 Å². The van der Waals surface area contributed by atoms with Gasteiger partial charge in [0.25, 0.3) is 0 Å². The van der Waals surface area contributed by atoms with E-state index in [0.29, 0.717) is 26.7 Å². The number of halogens is 1. The van der Waals surface area contributed by atoms with E-state index in [0.717, 1.165) is 37.4 Å². The number of benzene rings is 2. The average molecular weight is 404 g/mol. The molecule has 5 nitrogen and oxygen atoms in total. The largest absolute Gasteiger partial charge is 0.369 e. The highest BCUT2D eigenvalue weighted by atomic mass is 35.5. The number of nitrogens with one attached hydrogen (secondary N) is 1. The first-order valence-electron chi connectivity index (χ1n) is 9.10. The maximum atomic E-state index is 13.4. The van der Waals surface area contributed by atoms with Gasteiger partial charge >= 0.3 is 0 Å². The van der Waals surface area contributed by atoms with E-state index in [4.69, 9.17) is 11.6 Å². The van der Waals surface area contributed by atoms with Crippen molar-refractivity contribution in [1.29, 1.82) is 0 Å².